The number of rotatable bonds is 7. The number of ether oxygens (including phenoxy) is 1. The topological polar surface area (TPSA) is 56.2 Å². The molecule has 4 aromatic rings. The van der Waals surface area contributed by atoms with Crippen LogP contribution in [0.3, 0.4) is 0 Å². The third-order valence-corrected chi connectivity index (χ3v) is 5.78. The molecule has 1 N–H and O–H groups in total. The molecule has 0 aliphatic heterocycles. The fraction of sp³-hybridized carbons (Fsp3) is 0.154. The van der Waals surface area contributed by atoms with Crippen LogP contribution in [0.2, 0.25) is 5.02 Å². The molecule has 1 amide bonds. The molecule has 0 bridgehead atoms. The Morgan fingerprint density at radius 3 is 2.51 bits per heavy atom. The Hall–Kier alpha value is -3.78. The summed E-state index contributed by atoms with van der Waals surface area (Å²) in [4.78, 5) is 12.9. The molecule has 3 aromatic carbocycles. The van der Waals surface area contributed by atoms with Crippen LogP contribution in [-0.2, 0) is 13.2 Å². The van der Waals surface area contributed by atoms with Crippen molar-refractivity contribution in [2.75, 3.05) is 5.32 Å². The zero-order valence-electron chi connectivity index (χ0n) is 18.9. The molecule has 1 heterocycles. The van der Waals surface area contributed by atoms with Crippen LogP contribution < -0.4 is 10.1 Å². The molecule has 0 saturated carbocycles. The number of hydrogen-bond acceptors (Lipinski definition) is 3. The molecule has 180 valence electrons. The molecule has 9 heteroatoms. The SMILES string of the molecule is Cc1nn(Cc2ccc(F)cc2Cl)c(C)c1NC(=O)c1cccc(COc2ccc(F)cc2F)c1. The summed E-state index contributed by atoms with van der Waals surface area (Å²) in [5.74, 6) is -2.35. The third kappa shape index (κ3) is 5.66. The van der Waals surface area contributed by atoms with E-state index in [4.69, 9.17) is 16.3 Å². The number of nitrogens with zero attached hydrogens (tertiary/aromatic N) is 2. The maximum atomic E-state index is 13.8. The fourth-order valence-corrected chi connectivity index (χ4v) is 3.81. The molecule has 5 nitrogen and oxygen atoms in total. The molecule has 35 heavy (non-hydrogen) atoms. The van der Waals surface area contributed by atoms with Gasteiger partial charge >= 0.3 is 0 Å². The zero-order valence-corrected chi connectivity index (χ0v) is 19.7. The van der Waals surface area contributed by atoms with Crippen molar-refractivity contribution in [1.29, 1.82) is 0 Å². The maximum absolute atomic E-state index is 13.8. The van der Waals surface area contributed by atoms with Gasteiger partial charge in [-0.1, -0.05) is 29.8 Å². The summed E-state index contributed by atoms with van der Waals surface area (Å²) in [5, 5.41) is 7.66. The van der Waals surface area contributed by atoms with Gasteiger partial charge in [-0.15, -0.1) is 0 Å². The highest BCUT2D eigenvalue weighted by Crippen LogP contribution is 2.24. The molecule has 0 aliphatic carbocycles. The lowest BCUT2D eigenvalue weighted by Crippen LogP contribution is -2.14. The standard InChI is InChI=1S/C26H21ClF3N3O2/c1-15-25(16(2)33(32-15)13-19-6-7-20(28)11-22(19)27)31-26(34)18-5-3-4-17(10-18)14-35-24-9-8-21(29)12-23(24)30/h3-12H,13-14H2,1-2H3,(H,31,34). The smallest absolute Gasteiger partial charge is 0.255 e. The second kappa shape index (κ2) is 10.2. The van der Waals surface area contributed by atoms with Crippen LogP contribution in [0.5, 0.6) is 5.75 Å². The number of amides is 1. The van der Waals surface area contributed by atoms with Crippen molar-refractivity contribution >= 4 is 23.2 Å². The molecular formula is C26H21ClF3N3O2. The van der Waals surface area contributed by atoms with E-state index < -0.39 is 17.5 Å². The first-order valence-electron chi connectivity index (χ1n) is 10.7. The van der Waals surface area contributed by atoms with Crippen molar-refractivity contribution in [3.63, 3.8) is 0 Å². The highest BCUT2D eigenvalue weighted by molar-refractivity contribution is 6.31. The number of aromatic nitrogens is 2. The zero-order chi connectivity index (χ0) is 25.1. The summed E-state index contributed by atoms with van der Waals surface area (Å²) in [5.41, 5.74) is 3.59. The summed E-state index contributed by atoms with van der Waals surface area (Å²) in [6, 6.07) is 13.9. The quantitative estimate of drug-likeness (QED) is 0.318. The predicted molar refractivity (Wildman–Crippen MR) is 127 cm³/mol. The van der Waals surface area contributed by atoms with E-state index in [1.54, 1.807) is 41.9 Å². The van der Waals surface area contributed by atoms with E-state index in [1.165, 1.54) is 18.2 Å². The molecule has 4 rings (SSSR count). The van der Waals surface area contributed by atoms with Crippen molar-refractivity contribution in [1.82, 2.24) is 9.78 Å². The Morgan fingerprint density at radius 1 is 1.03 bits per heavy atom. The molecule has 0 atom stereocenters. The molecule has 0 unspecified atom stereocenters. The van der Waals surface area contributed by atoms with Crippen molar-refractivity contribution in [3.8, 4) is 5.75 Å². The minimum absolute atomic E-state index is 0.00190. The number of benzene rings is 3. The van der Waals surface area contributed by atoms with Gasteiger partial charge in [0.25, 0.3) is 5.91 Å². The van der Waals surface area contributed by atoms with E-state index >= 15 is 0 Å². The van der Waals surface area contributed by atoms with Gasteiger partial charge in [0.1, 0.15) is 18.2 Å². The minimum atomic E-state index is -0.802. The molecule has 0 saturated heterocycles. The van der Waals surface area contributed by atoms with Gasteiger partial charge in [-0.3, -0.25) is 9.48 Å². The van der Waals surface area contributed by atoms with Crippen LogP contribution in [0.15, 0.2) is 60.7 Å². The summed E-state index contributed by atoms with van der Waals surface area (Å²) < 4.78 is 47.3. The van der Waals surface area contributed by atoms with Crippen LogP contribution in [0.25, 0.3) is 0 Å². The van der Waals surface area contributed by atoms with Crippen LogP contribution in [0.4, 0.5) is 18.9 Å². The summed E-state index contributed by atoms with van der Waals surface area (Å²) in [6.45, 7) is 3.90. The number of anilines is 1. The van der Waals surface area contributed by atoms with E-state index in [-0.39, 0.29) is 18.3 Å². The average Bonchev–Trinajstić information content (AvgIpc) is 3.08. The molecule has 0 radical (unpaired) electrons. The first-order valence-corrected chi connectivity index (χ1v) is 11.0. The first-order chi connectivity index (χ1) is 16.7. The lowest BCUT2D eigenvalue weighted by Gasteiger charge is -2.10. The Bertz CT molecular complexity index is 1400. The van der Waals surface area contributed by atoms with Crippen molar-refractivity contribution in [3.05, 3.63) is 111 Å². The summed E-state index contributed by atoms with van der Waals surface area (Å²) >= 11 is 6.14. The van der Waals surface area contributed by atoms with Crippen molar-refractivity contribution in [2.45, 2.75) is 27.0 Å². The lowest BCUT2D eigenvalue weighted by atomic mass is 10.1. The minimum Gasteiger partial charge on any atom is -0.486 e. The number of nitrogens with one attached hydrogen (secondary N) is 1. The summed E-state index contributed by atoms with van der Waals surface area (Å²) in [6.07, 6.45) is 0. The molecule has 0 aliphatic rings. The van der Waals surface area contributed by atoms with E-state index in [0.717, 1.165) is 12.1 Å². The lowest BCUT2D eigenvalue weighted by molar-refractivity contribution is 0.102. The van der Waals surface area contributed by atoms with Crippen LogP contribution >= 0.6 is 11.6 Å². The van der Waals surface area contributed by atoms with Gasteiger partial charge in [-0.2, -0.15) is 5.10 Å². The van der Waals surface area contributed by atoms with E-state index in [2.05, 4.69) is 10.4 Å². The van der Waals surface area contributed by atoms with Gasteiger partial charge < -0.3 is 10.1 Å². The molecule has 1 aromatic heterocycles. The highest BCUT2D eigenvalue weighted by atomic mass is 35.5. The van der Waals surface area contributed by atoms with Crippen molar-refractivity contribution in [2.24, 2.45) is 0 Å². The molecule has 0 spiro atoms. The maximum Gasteiger partial charge on any atom is 0.255 e. The van der Waals surface area contributed by atoms with Gasteiger partial charge in [0.05, 0.1) is 23.6 Å². The van der Waals surface area contributed by atoms with Gasteiger partial charge in [-0.25, -0.2) is 13.2 Å². The average molecular weight is 500 g/mol. The second-order valence-corrected chi connectivity index (χ2v) is 8.36. The van der Waals surface area contributed by atoms with E-state index in [0.29, 0.717) is 45.3 Å². The van der Waals surface area contributed by atoms with Crippen LogP contribution in [0.1, 0.15) is 32.9 Å². The molecular weight excluding hydrogens is 479 g/mol. The van der Waals surface area contributed by atoms with Gasteiger partial charge in [0, 0.05) is 16.7 Å². The third-order valence-electron chi connectivity index (χ3n) is 5.43. The number of aryl methyl sites for hydroxylation is 1. The van der Waals surface area contributed by atoms with Gasteiger partial charge in [-0.05, 0) is 61.4 Å². The number of halogens is 4. The van der Waals surface area contributed by atoms with Gasteiger partial charge in [0.2, 0.25) is 0 Å². The Kier molecular flexibility index (Phi) is 7.12. The van der Waals surface area contributed by atoms with Crippen LogP contribution in [-0.4, -0.2) is 15.7 Å². The number of carbonyl (C=O) groups excluding carboxylic acids is 1. The fourth-order valence-electron chi connectivity index (χ4n) is 3.58. The second-order valence-electron chi connectivity index (χ2n) is 7.96. The Labute approximate surface area is 205 Å². The van der Waals surface area contributed by atoms with Crippen molar-refractivity contribution < 1.29 is 22.7 Å². The number of carbonyl (C=O) groups is 1. The first kappa shape index (κ1) is 24.3. The Balaban J connectivity index is 1.47. The summed E-state index contributed by atoms with van der Waals surface area (Å²) in [7, 11) is 0. The highest BCUT2D eigenvalue weighted by Gasteiger charge is 2.17. The van der Waals surface area contributed by atoms with Crippen LogP contribution in [0, 0.1) is 31.3 Å². The Morgan fingerprint density at radius 2 is 1.77 bits per heavy atom. The molecule has 0 fully saturated rings. The predicted octanol–water partition coefficient (Wildman–Crippen LogP) is 6.45. The van der Waals surface area contributed by atoms with Gasteiger partial charge in [0.15, 0.2) is 11.6 Å². The van der Waals surface area contributed by atoms with E-state index in [1.807, 2.05) is 6.92 Å². The normalized spacial score (nSPS) is 10.9. The number of hydrogen-bond donors (Lipinski definition) is 1. The largest absolute Gasteiger partial charge is 0.486 e. The van der Waals surface area contributed by atoms with E-state index in [9.17, 15) is 18.0 Å². The monoisotopic (exact) mass is 499 g/mol.